The summed E-state index contributed by atoms with van der Waals surface area (Å²) >= 11 is 0. The van der Waals surface area contributed by atoms with Gasteiger partial charge in [0.15, 0.2) is 6.61 Å². The normalized spacial score (nSPS) is 12.0. The van der Waals surface area contributed by atoms with Crippen molar-refractivity contribution in [2.75, 3.05) is 19.8 Å². The topological polar surface area (TPSA) is 41.5 Å². The molecule has 68 valence electrons. The van der Waals surface area contributed by atoms with E-state index in [4.69, 9.17) is 5.11 Å². The number of rotatable bonds is 5. The maximum Gasteiger partial charge on any atom is 0.413 e. The van der Waals surface area contributed by atoms with Crippen LogP contribution in [0.3, 0.4) is 0 Å². The molecule has 11 heavy (non-hydrogen) atoms. The Labute approximate surface area is 62.1 Å². The molecule has 2 N–H and O–H groups in total. The molecule has 0 radical (unpaired) electrons. The molecule has 0 unspecified atom stereocenters. The Kier molecular flexibility index (Phi) is 5.18. The van der Waals surface area contributed by atoms with Crippen LogP contribution < -0.4 is 5.48 Å². The van der Waals surface area contributed by atoms with E-state index in [0.717, 1.165) is 0 Å². The highest BCUT2D eigenvalue weighted by molar-refractivity contribution is 4.43. The number of hydrogen-bond donors (Lipinski definition) is 2. The van der Waals surface area contributed by atoms with E-state index < -0.39 is 12.8 Å². The van der Waals surface area contributed by atoms with Crippen LogP contribution in [0.4, 0.5) is 13.2 Å². The summed E-state index contributed by atoms with van der Waals surface area (Å²) in [7, 11) is 0. The van der Waals surface area contributed by atoms with Crippen LogP contribution in [0.15, 0.2) is 0 Å². The predicted molar refractivity (Wildman–Crippen MR) is 31.7 cm³/mol. The van der Waals surface area contributed by atoms with Gasteiger partial charge in [0.1, 0.15) is 0 Å². The Balaban J connectivity index is 3.02. The van der Waals surface area contributed by atoms with Crippen LogP contribution in [0.5, 0.6) is 0 Å². The van der Waals surface area contributed by atoms with Crippen molar-refractivity contribution in [1.29, 1.82) is 0 Å². The minimum absolute atomic E-state index is 0.0671. The van der Waals surface area contributed by atoms with Crippen LogP contribution in [0.2, 0.25) is 0 Å². The first-order valence-corrected chi connectivity index (χ1v) is 3.08. The number of halogens is 3. The van der Waals surface area contributed by atoms with Crippen LogP contribution in [0, 0.1) is 0 Å². The molecule has 0 aromatic carbocycles. The van der Waals surface area contributed by atoms with Gasteiger partial charge in [-0.2, -0.15) is 13.2 Å². The SMILES string of the molecule is OCCCNOCC(F)(F)F. The number of aliphatic hydroxyl groups is 1. The molecule has 0 aromatic heterocycles. The maximum absolute atomic E-state index is 11.4. The molecule has 0 amide bonds. The van der Waals surface area contributed by atoms with Gasteiger partial charge in [0.25, 0.3) is 0 Å². The highest BCUT2D eigenvalue weighted by Gasteiger charge is 2.27. The van der Waals surface area contributed by atoms with Crippen LogP contribution >= 0.6 is 0 Å². The fourth-order valence-electron chi connectivity index (χ4n) is 0.356. The van der Waals surface area contributed by atoms with Crippen molar-refractivity contribution >= 4 is 0 Å². The van der Waals surface area contributed by atoms with Gasteiger partial charge in [-0.3, -0.25) is 4.84 Å². The van der Waals surface area contributed by atoms with E-state index in [9.17, 15) is 13.2 Å². The predicted octanol–water partition coefficient (Wildman–Crippen LogP) is 0.452. The lowest BCUT2D eigenvalue weighted by atomic mass is 10.5. The summed E-state index contributed by atoms with van der Waals surface area (Å²) in [6, 6.07) is 0. The second-order valence-electron chi connectivity index (χ2n) is 1.88. The van der Waals surface area contributed by atoms with Crippen molar-refractivity contribution in [3.8, 4) is 0 Å². The zero-order chi connectivity index (χ0) is 8.74. The van der Waals surface area contributed by atoms with E-state index in [1.165, 1.54) is 0 Å². The van der Waals surface area contributed by atoms with Crippen LogP contribution in [-0.2, 0) is 4.84 Å². The number of nitrogens with one attached hydrogen (secondary N) is 1. The highest BCUT2D eigenvalue weighted by Crippen LogP contribution is 2.13. The number of hydroxylamine groups is 1. The molecule has 6 heteroatoms. The molecule has 0 saturated heterocycles. The first-order valence-electron chi connectivity index (χ1n) is 3.08. The minimum Gasteiger partial charge on any atom is -0.396 e. The molecule has 0 fully saturated rings. The fourth-order valence-corrected chi connectivity index (χ4v) is 0.356. The molecule has 0 bridgehead atoms. The van der Waals surface area contributed by atoms with Crippen molar-refractivity contribution < 1.29 is 23.1 Å². The molecular formula is C5H10F3NO2. The summed E-state index contributed by atoms with van der Waals surface area (Å²) in [6.45, 7) is -1.16. The van der Waals surface area contributed by atoms with E-state index in [-0.39, 0.29) is 13.2 Å². The van der Waals surface area contributed by atoms with Gasteiger partial charge in [-0.05, 0) is 6.42 Å². The van der Waals surface area contributed by atoms with E-state index in [1.807, 2.05) is 0 Å². The van der Waals surface area contributed by atoms with E-state index in [1.54, 1.807) is 0 Å². The quantitative estimate of drug-likeness (QED) is 0.468. The van der Waals surface area contributed by atoms with Gasteiger partial charge >= 0.3 is 6.18 Å². The third-order valence-corrected chi connectivity index (χ3v) is 0.775. The third kappa shape index (κ3) is 9.67. The average molecular weight is 173 g/mol. The molecule has 0 heterocycles. The third-order valence-electron chi connectivity index (χ3n) is 0.775. The zero-order valence-corrected chi connectivity index (χ0v) is 5.82. The molecule has 0 aliphatic carbocycles. The summed E-state index contributed by atoms with van der Waals surface area (Å²) in [4.78, 5) is 4.01. The smallest absolute Gasteiger partial charge is 0.396 e. The van der Waals surface area contributed by atoms with Crippen molar-refractivity contribution in [1.82, 2.24) is 5.48 Å². The Bertz CT molecular complexity index is 96.2. The number of hydrogen-bond acceptors (Lipinski definition) is 3. The fraction of sp³-hybridized carbons (Fsp3) is 1.00. The molecule has 0 aliphatic heterocycles. The largest absolute Gasteiger partial charge is 0.413 e. The van der Waals surface area contributed by atoms with Crippen LogP contribution in [-0.4, -0.2) is 31.0 Å². The van der Waals surface area contributed by atoms with Crippen molar-refractivity contribution in [2.24, 2.45) is 0 Å². The van der Waals surface area contributed by atoms with Crippen molar-refractivity contribution in [3.05, 3.63) is 0 Å². The second-order valence-corrected chi connectivity index (χ2v) is 1.88. The molecule has 0 aromatic rings. The first-order chi connectivity index (χ1) is 5.06. The lowest BCUT2D eigenvalue weighted by Gasteiger charge is -2.07. The summed E-state index contributed by atoms with van der Waals surface area (Å²) < 4.78 is 34.1. The number of aliphatic hydroxyl groups excluding tert-OH is 1. The van der Waals surface area contributed by atoms with Gasteiger partial charge in [-0.1, -0.05) is 0 Å². The zero-order valence-electron chi connectivity index (χ0n) is 5.82. The average Bonchev–Trinajstić information content (AvgIpc) is 1.85. The number of alkyl halides is 3. The summed E-state index contributed by atoms with van der Waals surface area (Å²) in [5.41, 5.74) is 2.06. The molecule has 3 nitrogen and oxygen atoms in total. The summed E-state index contributed by atoms with van der Waals surface area (Å²) in [6.07, 6.45) is -3.93. The Hall–Kier alpha value is -0.330. The van der Waals surface area contributed by atoms with Crippen molar-refractivity contribution in [3.63, 3.8) is 0 Å². The molecule has 0 aliphatic rings. The summed E-state index contributed by atoms with van der Waals surface area (Å²) in [5.74, 6) is 0. The van der Waals surface area contributed by atoms with E-state index >= 15 is 0 Å². The monoisotopic (exact) mass is 173 g/mol. The lowest BCUT2D eigenvalue weighted by Crippen LogP contribution is -2.25. The Morgan fingerprint density at radius 1 is 1.36 bits per heavy atom. The Morgan fingerprint density at radius 2 is 2.00 bits per heavy atom. The van der Waals surface area contributed by atoms with Gasteiger partial charge in [-0.15, -0.1) is 0 Å². The maximum atomic E-state index is 11.4. The Morgan fingerprint density at radius 3 is 2.45 bits per heavy atom. The van der Waals surface area contributed by atoms with Crippen molar-refractivity contribution in [2.45, 2.75) is 12.6 Å². The molecule has 0 rings (SSSR count). The molecular weight excluding hydrogens is 163 g/mol. The van der Waals surface area contributed by atoms with Gasteiger partial charge < -0.3 is 5.11 Å². The van der Waals surface area contributed by atoms with Crippen LogP contribution in [0.25, 0.3) is 0 Å². The van der Waals surface area contributed by atoms with Gasteiger partial charge in [0.05, 0.1) is 0 Å². The minimum atomic E-state index is -4.30. The summed E-state index contributed by atoms with van der Waals surface area (Å²) in [5, 5.41) is 8.21. The standard InChI is InChI=1S/C5H10F3NO2/c6-5(7,8)4-11-9-2-1-3-10/h9-10H,1-4H2. The van der Waals surface area contributed by atoms with Crippen LogP contribution in [0.1, 0.15) is 6.42 Å². The lowest BCUT2D eigenvalue weighted by molar-refractivity contribution is -0.189. The van der Waals surface area contributed by atoms with Gasteiger partial charge in [0, 0.05) is 13.2 Å². The first kappa shape index (κ1) is 10.7. The highest BCUT2D eigenvalue weighted by atomic mass is 19.4. The molecule has 0 spiro atoms. The van der Waals surface area contributed by atoms with Gasteiger partial charge in [0.2, 0.25) is 0 Å². The van der Waals surface area contributed by atoms with Gasteiger partial charge in [-0.25, -0.2) is 5.48 Å². The van der Waals surface area contributed by atoms with E-state index in [0.29, 0.717) is 6.42 Å². The second kappa shape index (κ2) is 5.34. The van der Waals surface area contributed by atoms with E-state index in [2.05, 4.69) is 10.3 Å². The molecule has 0 atom stereocenters. The molecule has 0 saturated carbocycles.